The molecule has 0 saturated carbocycles. The summed E-state index contributed by atoms with van der Waals surface area (Å²) < 4.78 is 0. The third kappa shape index (κ3) is 2.58. The van der Waals surface area contributed by atoms with Gasteiger partial charge in [0.1, 0.15) is 0 Å². The van der Waals surface area contributed by atoms with Gasteiger partial charge in [0.05, 0.1) is 5.56 Å². The van der Waals surface area contributed by atoms with Crippen molar-refractivity contribution < 1.29 is 9.90 Å². The first-order valence-electron chi connectivity index (χ1n) is 4.80. The van der Waals surface area contributed by atoms with Gasteiger partial charge in [-0.3, -0.25) is 0 Å². The standard InChI is InChI=1S/C13H10O2S/c14-13(15)11-4-1-3-10(9-11)6-7-12-5-2-8-16-12/h1-9H,(H,14,15). The van der Waals surface area contributed by atoms with Crippen molar-refractivity contribution in [2.45, 2.75) is 0 Å². The summed E-state index contributed by atoms with van der Waals surface area (Å²) in [4.78, 5) is 11.9. The Labute approximate surface area is 97.5 Å². The lowest BCUT2D eigenvalue weighted by molar-refractivity contribution is 0.0697. The Bertz CT molecular complexity index is 512. The van der Waals surface area contributed by atoms with Gasteiger partial charge in [0, 0.05) is 4.88 Å². The predicted octanol–water partition coefficient (Wildman–Crippen LogP) is 3.62. The summed E-state index contributed by atoms with van der Waals surface area (Å²) >= 11 is 1.65. The van der Waals surface area contributed by atoms with E-state index in [1.165, 1.54) is 0 Å². The Kier molecular flexibility index (Phi) is 3.17. The molecular formula is C13H10O2S. The maximum absolute atomic E-state index is 10.8. The maximum Gasteiger partial charge on any atom is 0.335 e. The zero-order valence-electron chi connectivity index (χ0n) is 8.46. The molecule has 1 heterocycles. The quantitative estimate of drug-likeness (QED) is 0.874. The molecule has 1 aromatic carbocycles. The molecule has 0 spiro atoms. The van der Waals surface area contributed by atoms with Crippen molar-refractivity contribution in [3.8, 4) is 0 Å². The van der Waals surface area contributed by atoms with Gasteiger partial charge in [-0.15, -0.1) is 11.3 Å². The highest BCUT2D eigenvalue weighted by Crippen LogP contribution is 2.14. The van der Waals surface area contributed by atoms with E-state index in [2.05, 4.69) is 0 Å². The number of thiophene rings is 1. The van der Waals surface area contributed by atoms with Crippen molar-refractivity contribution in [3.05, 3.63) is 57.8 Å². The fraction of sp³-hybridized carbons (Fsp3) is 0. The molecule has 2 aromatic rings. The maximum atomic E-state index is 10.8. The molecule has 80 valence electrons. The Morgan fingerprint density at radius 3 is 2.75 bits per heavy atom. The minimum absolute atomic E-state index is 0.313. The number of carboxylic acid groups (broad SMARTS) is 1. The molecule has 0 aliphatic heterocycles. The van der Waals surface area contributed by atoms with E-state index in [0.29, 0.717) is 5.56 Å². The van der Waals surface area contributed by atoms with Gasteiger partial charge < -0.3 is 5.11 Å². The number of carbonyl (C=O) groups is 1. The third-order valence-electron chi connectivity index (χ3n) is 2.12. The second-order valence-electron chi connectivity index (χ2n) is 3.28. The molecule has 1 N–H and O–H groups in total. The minimum Gasteiger partial charge on any atom is -0.478 e. The summed E-state index contributed by atoms with van der Waals surface area (Å²) in [5.41, 5.74) is 1.21. The SMILES string of the molecule is O=C(O)c1cccc(C=Cc2cccs2)c1. The summed E-state index contributed by atoms with van der Waals surface area (Å²) in [7, 11) is 0. The van der Waals surface area contributed by atoms with Crippen molar-refractivity contribution in [2.75, 3.05) is 0 Å². The fourth-order valence-corrected chi connectivity index (χ4v) is 1.96. The predicted molar refractivity (Wildman–Crippen MR) is 66.6 cm³/mol. The lowest BCUT2D eigenvalue weighted by Gasteiger charge is -1.96. The number of benzene rings is 1. The second-order valence-corrected chi connectivity index (χ2v) is 4.26. The van der Waals surface area contributed by atoms with Crippen LogP contribution in [0.2, 0.25) is 0 Å². The van der Waals surface area contributed by atoms with Crippen molar-refractivity contribution in [3.63, 3.8) is 0 Å². The molecule has 0 aliphatic carbocycles. The van der Waals surface area contributed by atoms with Gasteiger partial charge in [0.2, 0.25) is 0 Å². The van der Waals surface area contributed by atoms with Gasteiger partial charge in [0.15, 0.2) is 0 Å². The minimum atomic E-state index is -0.897. The lowest BCUT2D eigenvalue weighted by atomic mass is 10.1. The van der Waals surface area contributed by atoms with Crippen LogP contribution in [0.5, 0.6) is 0 Å². The van der Waals surface area contributed by atoms with Gasteiger partial charge in [-0.1, -0.05) is 24.3 Å². The summed E-state index contributed by atoms with van der Waals surface area (Å²) in [5, 5.41) is 10.8. The monoisotopic (exact) mass is 230 g/mol. The molecule has 0 unspecified atom stereocenters. The molecule has 16 heavy (non-hydrogen) atoms. The van der Waals surface area contributed by atoms with Crippen LogP contribution in [0.3, 0.4) is 0 Å². The third-order valence-corrected chi connectivity index (χ3v) is 2.95. The first-order valence-corrected chi connectivity index (χ1v) is 5.68. The van der Waals surface area contributed by atoms with Crippen LogP contribution in [-0.2, 0) is 0 Å². The number of hydrogen-bond donors (Lipinski definition) is 1. The van der Waals surface area contributed by atoms with Crippen LogP contribution in [0.25, 0.3) is 12.2 Å². The normalized spacial score (nSPS) is 10.8. The molecule has 0 radical (unpaired) electrons. The average Bonchev–Trinajstić information content (AvgIpc) is 2.79. The Morgan fingerprint density at radius 2 is 2.06 bits per heavy atom. The van der Waals surface area contributed by atoms with E-state index in [0.717, 1.165) is 10.4 Å². The van der Waals surface area contributed by atoms with Gasteiger partial charge >= 0.3 is 5.97 Å². The smallest absolute Gasteiger partial charge is 0.335 e. The first-order chi connectivity index (χ1) is 7.75. The zero-order chi connectivity index (χ0) is 11.4. The van der Waals surface area contributed by atoms with Gasteiger partial charge in [0.25, 0.3) is 0 Å². The average molecular weight is 230 g/mol. The number of rotatable bonds is 3. The van der Waals surface area contributed by atoms with Crippen LogP contribution in [0.4, 0.5) is 0 Å². The fourth-order valence-electron chi connectivity index (χ4n) is 1.34. The molecule has 1 aromatic heterocycles. The van der Waals surface area contributed by atoms with Gasteiger partial charge in [-0.2, -0.15) is 0 Å². The van der Waals surface area contributed by atoms with E-state index >= 15 is 0 Å². The Hall–Kier alpha value is -1.87. The Morgan fingerprint density at radius 1 is 1.19 bits per heavy atom. The number of hydrogen-bond acceptors (Lipinski definition) is 2. The van der Waals surface area contributed by atoms with E-state index in [-0.39, 0.29) is 0 Å². The molecule has 0 atom stereocenters. The van der Waals surface area contributed by atoms with Crippen molar-refractivity contribution in [2.24, 2.45) is 0 Å². The molecule has 2 rings (SSSR count). The molecule has 2 nitrogen and oxygen atoms in total. The highest BCUT2D eigenvalue weighted by atomic mass is 32.1. The van der Waals surface area contributed by atoms with Gasteiger partial charge in [-0.05, 0) is 35.2 Å². The van der Waals surface area contributed by atoms with Crippen LogP contribution in [0.1, 0.15) is 20.8 Å². The number of aromatic carboxylic acids is 1. The summed E-state index contributed by atoms with van der Waals surface area (Å²) in [5.74, 6) is -0.897. The van der Waals surface area contributed by atoms with Crippen LogP contribution < -0.4 is 0 Å². The lowest BCUT2D eigenvalue weighted by Crippen LogP contribution is -1.95. The van der Waals surface area contributed by atoms with E-state index in [9.17, 15) is 4.79 Å². The molecule has 0 bridgehead atoms. The second kappa shape index (κ2) is 4.77. The molecule has 0 aliphatic rings. The molecule has 0 amide bonds. The van der Waals surface area contributed by atoms with Crippen molar-refractivity contribution in [1.29, 1.82) is 0 Å². The van der Waals surface area contributed by atoms with Crippen LogP contribution >= 0.6 is 11.3 Å². The zero-order valence-corrected chi connectivity index (χ0v) is 9.28. The highest BCUT2D eigenvalue weighted by Gasteiger charge is 2.00. The van der Waals surface area contributed by atoms with E-state index in [1.807, 2.05) is 35.7 Å². The van der Waals surface area contributed by atoms with Crippen molar-refractivity contribution in [1.82, 2.24) is 0 Å². The van der Waals surface area contributed by atoms with Crippen molar-refractivity contribution >= 4 is 29.5 Å². The van der Waals surface area contributed by atoms with Crippen LogP contribution in [-0.4, -0.2) is 11.1 Å². The topological polar surface area (TPSA) is 37.3 Å². The largest absolute Gasteiger partial charge is 0.478 e. The van der Waals surface area contributed by atoms with Crippen LogP contribution in [0, 0.1) is 0 Å². The summed E-state index contributed by atoms with van der Waals surface area (Å²) in [6.45, 7) is 0. The van der Waals surface area contributed by atoms with E-state index in [4.69, 9.17) is 5.11 Å². The van der Waals surface area contributed by atoms with Crippen LogP contribution in [0.15, 0.2) is 41.8 Å². The molecular weight excluding hydrogens is 220 g/mol. The highest BCUT2D eigenvalue weighted by molar-refractivity contribution is 7.10. The Balaban J connectivity index is 2.22. The number of carboxylic acids is 1. The molecule has 3 heteroatoms. The molecule has 0 fully saturated rings. The summed E-state index contributed by atoms with van der Waals surface area (Å²) in [6, 6.07) is 10.9. The van der Waals surface area contributed by atoms with E-state index in [1.54, 1.807) is 29.5 Å². The van der Waals surface area contributed by atoms with E-state index < -0.39 is 5.97 Å². The molecule has 0 saturated heterocycles. The summed E-state index contributed by atoms with van der Waals surface area (Å²) in [6.07, 6.45) is 3.89. The van der Waals surface area contributed by atoms with Gasteiger partial charge in [-0.25, -0.2) is 4.79 Å². The first kappa shape index (κ1) is 10.6.